The van der Waals surface area contributed by atoms with Gasteiger partial charge in [0.05, 0.1) is 12.5 Å². The van der Waals surface area contributed by atoms with Crippen molar-refractivity contribution in [1.82, 2.24) is 14.8 Å². The number of benzene rings is 2. The number of anilines is 1. The molecule has 116 valence electrons. The number of aromatic nitrogens is 3. The van der Waals surface area contributed by atoms with E-state index >= 15 is 0 Å². The Kier molecular flexibility index (Phi) is 3.53. The zero-order chi connectivity index (χ0) is 15.8. The van der Waals surface area contributed by atoms with Crippen LogP contribution in [0.2, 0.25) is 0 Å². The van der Waals surface area contributed by atoms with Crippen LogP contribution in [0.4, 0.5) is 10.1 Å². The van der Waals surface area contributed by atoms with Crippen LogP contribution in [0.5, 0.6) is 0 Å². The maximum absolute atomic E-state index is 13.1. The summed E-state index contributed by atoms with van der Waals surface area (Å²) in [5.41, 5.74) is 3.29. The molecule has 1 aliphatic heterocycles. The first-order valence-electron chi connectivity index (χ1n) is 7.34. The van der Waals surface area contributed by atoms with Crippen molar-refractivity contribution in [1.29, 1.82) is 0 Å². The van der Waals surface area contributed by atoms with Gasteiger partial charge in [0.15, 0.2) is 11.0 Å². The molecule has 0 bridgehead atoms. The van der Waals surface area contributed by atoms with Crippen LogP contribution in [0.15, 0.2) is 53.7 Å². The second-order valence-electron chi connectivity index (χ2n) is 5.53. The molecule has 2 heterocycles. The summed E-state index contributed by atoms with van der Waals surface area (Å²) in [6.07, 6.45) is 0. The molecular weight excluding hydrogens is 311 g/mol. The minimum Gasteiger partial charge on any atom is -0.344 e. The van der Waals surface area contributed by atoms with E-state index < -0.39 is 0 Å². The summed E-state index contributed by atoms with van der Waals surface area (Å²) in [7, 11) is 0. The first-order chi connectivity index (χ1) is 11.2. The number of thioether (sulfide) groups is 1. The number of halogens is 1. The van der Waals surface area contributed by atoms with Crippen LogP contribution in [-0.2, 0) is 6.67 Å². The number of aryl methyl sites for hydroxylation is 1. The largest absolute Gasteiger partial charge is 0.344 e. The van der Waals surface area contributed by atoms with Crippen LogP contribution in [-0.4, -0.2) is 20.6 Å². The molecule has 1 aliphatic rings. The molecule has 0 unspecified atom stereocenters. The van der Waals surface area contributed by atoms with Gasteiger partial charge in [-0.3, -0.25) is 4.57 Å². The third kappa shape index (κ3) is 2.70. The molecule has 0 N–H and O–H groups in total. The molecule has 0 radical (unpaired) electrons. The van der Waals surface area contributed by atoms with Gasteiger partial charge in [-0.05, 0) is 43.3 Å². The van der Waals surface area contributed by atoms with E-state index in [0.29, 0.717) is 6.67 Å². The lowest BCUT2D eigenvalue weighted by Gasteiger charge is -2.29. The minimum absolute atomic E-state index is 0.247. The zero-order valence-electron chi connectivity index (χ0n) is 12.6. The van der Waals surface area contributed by atoms with Crippen molar-refractivity contribution in [3.63, 3.8) is 0 Å². The van der Waals surface area contributed by atoms with E-state index in [-0.39, 0.29) is 5.82 Å². The van der Waals surface area contributed by atoms with Crippen LogP contribution in [0.25, 0.3) is 11.4 Å². The zero-order valence-corrected chi connectivity index (χ0v) is 13.4. The Balaban J connectivity index is 1.67. The van der Waals surface area contributed by atoms with Crippen LogP contribution in [0, 0.1) is 12.7 Å². The highest BCUT2D eigenvalue weighted by Crippen LogP contribution is 2.31. The monoisotopic (exact) mass is 326 g/mol. The van der Waals surface area contributed by atoms with Crippen molar-refractivity contribution >= 4 is 17.4 Å². The van der Waals surface area contributed by atoms with E-state index in [2.05, 4.69) is 50.9 Å². The quantitative estimate of drug-likeness (QED) is 0.715. The van der Waals surface area contributed by atoms with E-state index in [1.165, 1.54) is 23.4 Å². The lowest BCUT2D eigenvalue weighted by molar-refractivity contribution is 0.607. The second kappa shape index (κ2) is 5.70. The Bertz CT molecular complexity index is 827. The van der Waals surface area contributed by atoms with Crippen molar-refractivity contribution in [3.8, 4) is 11.4 Å². The Morgan fingerprint density at radius 3 is 2.48 bits per heavy atom. The van der Waals surface area contributed by atoms with Gasteiger partial charge in [-0.2, -0.15) is 0 Å². The third-order valence-electron chi connectivity index (χ3n) is 3.88. The summed E-state index contributed by atoms with van der Waals surface area (Å²) in [4.78, 5) is 2.27. The van der Waals surface area contributed by atoms with Gasteiger partial charge in [-0.1, -0.05) is 29.5 Å². The van der Waals surface area contributed by atoms with Gasteiger partial charge in [-0.25, -0.2) is 4.39 Å². The Labute approximate surface area is 138 Å². The molecule has 0 saturated carbocycles. The van der Waals surface area contributed by atoms with Crippen LogP contribution in [0.3, 0.4) is 0 Å². The second-order valence-corrected chi connectivity index (χ2v) is 6.44. The summed E-state index contributed by atoms with van der Waals surface area (Å²) in [6, 6.07) is 14.9. The van der Waals surface area contributed by atoms with E-state index in [1.807, 2.05) is 0 Å². The van der Waals surface area contributed by atoms with Crippen molar-refractivity contribution in [2.45, 2.75) is 18.7 Å². The van der Waals surface area contributed by atoms with Gasteiger partial charge in [0.2, 0.25) is 0 Å². The predicted octanol–water partition coefficient (Wildman–Crippen LogP) is 3.92. The molecule has 4 nitrogen and oxygen atoms in total. The highest BCUT2D eigenvalue weighted by Gasteiger charge is 2.22. The average molecular weight is 326 g/mol. The van der Waals surface area contributed by atoms with Gasteiger partial charge in [0, 0.05) is 11.3 Å². The summed E-state index contributed by atoms with van der Waals surface area (Å²) in [6.45, 7) is 2.77. The number of fused-ring (bicyclic) bond motifs is 1. The standard InChI is InChI=1S/C17H15FN4S/c1-12-2-8-15(9-3-12)21-10-22-16(19-20-17(22)23-11-21)13-4-6-14(18)7-5-13/h2-9H,10-11H2,1H3. The molecule has 0 atom stereocenters. The fourth-order valence-corrected chi connectivity index (χ4v) is 3.50. The topological polar surface area (TPSA) is 34.0 Å². The van der Waals surface area contributed by atoms with Gasteiger partial charge < -0.3 is 4.90 Å². The SMILES string of the molecule is Cc1ccc(N2CSc3nnc(-c4ccc(F)cc4)n3C2)cc1. The van der Waals surface area contributed by atoms with Crippen molar-refractivity contribution in [2.75, 3.05) is 10.8 Å². The molecule has 0 saturated heterocycles. The van der Waals surface area contributed by atoms with Crippen molar-refractivity contribution < 1.29 is 4.39 Å². The highest BCUT2D eigenvalue weighted by atomic mass is 32.2. The Morgan fingerprint density at radius 1 is 1.00 bits per heavy atom. The molecule has 0 amide bonds. The lowest BCUT2D eigenvalue weighted by Crippen LogP contribution is -2.30. The summed E-state index contributed by atoms with van der Waals surface area (Å²) in [5, 5.41) is 9.43. The maximum Gasteiger partial charge on any atom is 0.194 e. The molecule has 1 aromatic heterocycles. The fourth-order valence-electron chi connectivity index (χ4n) is 2.59. The minimum atomic E-state index is -0.247. The smallest absolute Gasteiger partial charge is 0.194 e. The molecule has 0 fully saturated rings. The molecule has 3 aromatic rings. The van der Waals surface area contributed by atoms with Crippen LogP contribution in [0.1, 0.15) is 5.56 Å². The maximum atomic E-state index is 13.1. The third-order valence-corrected chi connectivity index (χ3v) is 4.88. The predicted molar refractivity (Wildman–Crippen MR) is 89.8 cm³/mol. The number of hydrogen-bond donors (Lipinski definition) is 0. The van der Waals surface area contributed by atoms with Gasteiger partial charge in [-0.15, -0.1) is 10.2 Å². The molecule has 6 heteroatoms. The number of nitrogens with zero attached hydrogens (tertiary/aromatic N) is 4. The summed E-state index contributed by atoms with van der Waals surface area (Å²) < 4.78 is 15.2. The summed E-state index contributed by atoms with van der Waals surface area (Å²) >= 11 is 1.66. The molecule has 0 spiro atoms. The fraction of sp³-hybridized carbons (Fsp3) is 0.176. The normalized spacial score (nSPS) is 13.9. The van der Waals surface area contributed by atoms with E-state index in [0.717, 1.165) is 22.4 Å². The van der Waals surface area contributed by atoms with E-state index in [9.17, 15) is 4.39 Å². The van der Waals surface area contributed by atoms with E-state index in [4.69, 9.17) is 0 Å². The Morgan fingerprint density at radius 2 is 1.74 bits per heavy atom. The van der Waals surface area contributed by atoms with E-state index in [1.54, 1.807) is 23.9 Å². The number of rotatable bonds is 2. The molecule has 2 aromatic carbocycles. The first-order valence-corrected chi connectivity index (χ1v) is 8.33. The van der Waals surface area contributed by atoms with Gasteiger partial charge in [0.1, 0.15) is 5.82 Å². The molecule has 0 aliphatic carbocycles. The molecule has 23 heavy (non-hydrogen) atoms. The van der Waals surface area contributed by atoms with Crippen LogP contribution >= 0.6 is 11.8 Å². The molecular formula is C17H15FN4S. The van der Waals surface area contributed by atoms with Crippen LogP contribution < -0.4 is 4.90 Å². The summed E-state index contributed by atoms with van der Waals surface area (Å²) in [5.74, 6) is 1.36. The number of hydrogen-bond acceptors (Lipinski definition) is 4. The lowest BCUT2D eigenvalue weighted by atomic mass is 10.2. The van der Waals surface area contributed by atoms with Crippen molar-refractivity contribution in [2.24, 2.45) is 0 Å². The Hall–Kier alpha value is -2.34. The van der Waals surface area contributed by atoms with Crippen molar-refractivity contribution in [3.05, 3.63) is 59.9 Å². The highest BCUT2D eigenvalue weighted by molar-refractivity contribution is 7.99. The molecule has 4 rings (SSSR count). The van der Waals surface area contributed by atoms with Gasteiger partial charge >= 0.3 is 0 Å². The first kappa shape index (κ1) is 14.3. The average Bonchev–Trinajstić information content (AvgIpc) is 2.99. The van der Waals surface area contributed by atoms with Gasteiger partial charge in [0.25, 0.3) is 0 Å².